The van der Waals surface area contributed by atoms with Gasteiger partial charge in [-0.25, -0.2) is 9.97 Å². The minimum absolute atomic E-state index is 0.00935. The molecule has 1 aliphatic rings. The molecule has 1 saturated carbocycles. The summed E-state index contributed by atoms with van der Waals surface area (Å²) in [6, 6.07) is 1.36. The van der Waals surface area contributed by atoms with Crippen LogP contribution in [0.2, 0.25) is 5.15 Å². The highest BCUT2D eigenvalue weighted by atomic mass is 35.5. The number of anilines is 1. The Bertz CT molecular complexity index is 515. The molecule has 1 aromatic rings. The molecule has 0 bridgehead atoms. The van der Waals surface area contributed by atoms with Gasteiger partial charge in [0.2, 0.25) is 5.82 Å². The van der Waals surface area contributed by atoms with Crippen LogP contribution in [0, 0.1) is 0 Å². The fourth-order valence-electron chi connectivity index (χ4n) is 2.58. The molecular formula is C13H18ClF3N4. The van der Waals surface area contributed by atoms with Crippen LogP contribution in [-0.2, 0) is 6.18 Å². The Labute approximate surface area is 126 Å². The van der Waals surface area contributed by atoms with Crippen LogP contribution in [0.15, 0.2) is 6.07 Å². The molecular weight excluding hydrogens is 305 g/mol. The average Bonchev–Trinajstić information content (AvgIpc) is 2.31. The molecule has 1 aromatic heterocycles. The van der Waals surface area contributed by atoms with Crippen LogP contribution in [0.4, 0.5) is 19.0 Å². The molecule has 1 aliphatic carbocycles. The van der Waals surface area contributed by atoms with E-state index in [0.29, 0.717) is 6.54 Å². The molecule has 0 atom stereocenters. The molecule has 1 heterocycles. The van der Waals surface area contributed by atoms with Crippen molar-refractivity contribution in [2.24, 2.45) is 0 Å². The summed E-state index contributed by atoms with van der Waals surface area (Å²) in [6.45, 7) is 0.602. The van der Waals surface area contributed by atoms with Crippen LogP contribution in [0.3, 0.4) is 0 Å². The van der Waals surface area contributed by atoms with Gasteiger partial charge in [0.1, 0.15) is 11.0 Å². The van der Waals surface area contributed by atoms with E-state index in [4.69, 9.17) is 11.6 Å². The maximum Gasteiger partial charge on any atom is 0.451 e. The standard InChI is InChI=1S/C13H18ClF3N4/c1-20(2)12(5-4-6-12)8-21(3)10-7-9(14)18-11(19-10)13(15,16)17/h7H,4-6,8H2,1-3H3. The maximum atomic E-state index is 12.7. The van der Waals surface area contributed by atoms with Gasteiger partial charge >= 0.3 is 6.18 Å². The number of alkyl halides is 3. The molecule has 0 spiro atoms. The first-order valence-corrected chi connectivity index (χ1v) is 7.02. The number of rotatable bonds is 4. The SMILES string of the molecule is CN(CC1(N(C)C)CCC1)c1cc(Cl)nc(C(F)(F)F)n1. The lowest BCUT2D eigenvalue weighted by Gasteiger charge is -2.49. The van der Waals surface area contributed by atoms with E-state index in [1.54, 1.807) is 11.9 Å². The van der Waals surface area contributed by atoms with E-state index in [1.165, 1.54) is 6.07 Å². The van der Waals surface area contributed by atoms with E-state index in [-0.39, 0.29) is 16.5 Å². The number of likely N-dealkylation sites (N-methyl/N-ethyl adjacent to an activating group) is 2. The highest BCUT2D eigenvalue weighted by molar-refractivity contribution is 6.29. The van der Waals surface area contributed by atoms with Gasteiger partial charge in [0.25, 0.3) is 0 Å². The molecule has 0 saturated heterocycles. The van der Waals surface area contributed by atoms with Gasteiger partial charge in [0.15, 0.2) is 0 Å². The molecule has 1 fully saturated rings. The van der Waals surface area contributed by atoms with Gasteiger partial charge in [-0.05, 0) is 33.4 Å². The van der Waals surface area contributed by atoms with Crippen molar-refractivity contribution in [3.63, 3.8) is 0 Å². The summed E-state index contributed by atoms with van der Waals surface area (Å²) in [4.78, 5) is 10.7. The fourth-order valence-corrected chi connectivity index (χ4v) is 2.76. The van der Waals surface area contributed by atoms with Gasteiger partial charge in [0, 0.05) is 25.2 Å². The summed E-state index contributed by atoms with van der Waals surface area (Å²) in [6.07, 6.45) is -1.43. The van der Waals surface area contributed by atoms with Gasteiger partial charge in [-0.1, -0.05) is 11.6 Å². The normalized spacial score (nSPS) is 17.7. The van der Waals surface area contributed by atoms with Crippen molar-refractivity contribution >= 4 is 17.4 Å². The minimum atomic E-state index is -4.60. The van der Waals surface area contributed by atoms with Crippen LogP contribution >= 0.6 is 11.6 Å². The number of hydrogen-bond acceptors (Lipinski definition) is 4. The Balaban J connectivity index is 2.23. The van der Waals surface area contributed by atoms with Crippen molar-refractivity contribution < 1.29 is 13.2 Å². The lowest BCUT2D eigenvalue weighted by atomic mass is 9.75. The third kappa shape index (κ3) is 3.40. The van der Waals surface area contributed by atoms with Crippen LogP contribution in [0.5, 0.6) is 0 Å². The van der Waals surface area contributed by atoms with Gasteiger partial charge in [-0.15, -0.1) is 0 Å². The van der Waals surface area contributed by atoms with E-state index >= 15 is 0 Å². The van der Waals surface area contributed by atoms with Crippen LogP contribution < -0.4 is 4.90 Å². The van der Waals surface area contributed by atoms with E-state index in [1.807, 2.05) is 14.1 Å². The zero-order valence-electron chi connectivity index (χ0n) is 12.2. The number of hydrogen-bond donors (Lipinski definition) is 0. The molecule has 0 aliphatic heterocycles. The van der Waals surface area contributed by atoms with Crippen molar-refractivity contribution in [1.29, 1.82) is 0 Å². The first-order valence-electron chi connectivity index (χ1n) is 6.64. The van der Waals surface area contributed by atoms with Crippen LogP contribution in [-0.4, -0.2) is 48.1 Å². The molecule has 2 rings (SSSR count). The Morgan fingerprint density at radius 1 is 1.24 bits per heavy atom. The van der Waals surface area contributed by atoms with Crippen LogP contribution in [0.1, 0.15) is 25.1 Å². The lowest BCUT2D eigenvalue weighted by Crippen LogP contribution is -2.56. The summed E-state index contributed by atoms with van der Waals surface area (Å²) >= 11 is 5.69. The first-order chi connectivity index (χ1) is 9.64. The number of nitrogens with zero attached hydrogens (tertiary/aromatic N) is 4. The average molecular weight is 323 g/mol. The molecule has 0 radical (unpaired) electrons. The number of halogens is 4. The van der Waals surface area contributed by atoms with E-state index in [0.717, 1.165) is 19.3 Å². The molecule has 0 N–H and O–H groups in total. The van der Waals surface area contributed by atoms with Crippen LogP contribution in [0.25, 0.3) is 0 Å². The molecule has 0 amide bonds. The van der Waals surface area contributed by atoms with Crippen molar-refractivity contribution in [1.82, 2.24) is 14.9 Å². The quantitative estimate of drug-likeness (QED) is 0.798. The van der Waals surface area contributed by atoms with E-state index in [9.17, 15) is 13.2 Å². The topological polar surface area (TPSA) is 32.3 Å². The van der Waals surface area contributed by atoms with Gasteiger partial charge < -0.3 is 9.80 Å². The lowest BCUT2D eigenvalue weighted by molar-refractivity contribution is -0.144. The molecule has 0 unspecified atom stereocenters. The largest absolute Gasteiger partial charge is 0.451 e. The van der Waals surface area contributed by atoms with Crippen molar-refractivity contribution in [3.05, 3.63) is 17.0 Å². The highest BCUT2D eigenvalue weighted by Crippen LogP contribution is 2.37. The highest BCUT2D eigenvalue weighted by Gasteiger charge is 2.41. The minimum Gasteiger partial charge on any atom is -0.358 e. The third-order valence-electron chi connectivity index (χ3n) is 4.09. The monoisotopic (exact) mass is 322 g/mol. The molecule has 0 aromatic carbocycles. The summed E-state index contributed by atoms with van der Waals surface area (Å²) in [5.41, 5.74) is -0.00935. The van der Waals surface area contributed by atoms with Gasteiger partial charge in [-0.2, -0.15) is 13.2 Å². The fraction of sp³-hybridized carbons (Fsp3) is 0.692. The third-order valence-corrected chi connectivity index (χ3v) is 4.28. The Hall–Kier alpha value is -1.08. The van der Waals surface area contributed by atoms with Gasteiger partial charge in [-0.3, -0.25) is 0 Å². The van der Waals surface area contributed by atoms with Crippen molar-refractivity contribution in [2.45, 2.75) is 31.0 Å². The number of aromatic nitrogens is 2. The smallest absolute Gasteiger partial charge is 0.358 e. The predicted molar refractivity (Wildman–Crippen MR) is 75.6 cm³/mol. The first kappa shape index (κ1) is 16.3. The molecule has 118 valence electrons. The maximum absolute atomic E-state index is 12.7. The Morgan fingerprint density at radius 2 is 1.86 bits per heavy atom. The second kappa shape index (κ2) is 5.61. The second-order valence-corrected chi connectivity index (χ2v) is 6.09. The predicted octanol–water partition coefficient (Wildman–Crippen LogP) is 3.07. The van der Waals surface area contributed by atoms with Crippen molar-refractivity contribution in [3.8, 4) is 0 Å². The molecule has 8 heteroatoms. The zero-order valence-corrected chi connectivity index (χ0v) is 13.0. The Kier molecular flexibility index (Phi) is 4.35. The molecule has 21 heavy (non-hydrogen) atoms. The summed E-state index contributed by atoms with van der Waals surface area (Å²) in [7, 11) is 5.70. The van der Waals surface area contributed by atoms with Crippen molar-refractivity contribution in [2.75, 3.05) is 32.6 Å². The van der Waals surface area contributed by atoms with E-state index in [2.05, 4.69) is 14.9 Å². The summed E-state index contributed by atoms with van der Waals surface area (Å²) in [5, 5.41) is -0.202. The second-order valence-electron chi connectivity index (χ2n) is 5.70. The molecule has 4 nitrogen and oxygen atoms in total. The van der Waals surface area contributed by atoms with Gasteiger partial charge in [0.05, 0.1) is 0 Å². The van der Waals surface area contributed by atoms with E-state index < -0.39 is 12.0 Å². The summed E-state index contributed by atoms with van der Waals surface area (Å²) in [5.74, 6) is -1.01. The summed E-state index contributed by atoms with van der Waals surface area (Å²) < 4.78 is 38.2. The zero-order chi connectivity index (χ0) is 15.8. The Morgan fingerprint density at radius 3 is 2.29 bits per heavy atom.